The molecule has 4 rings (SSSR count). The molecule has 1 amide bonds. The minimum Gasteiger partial charge on any atom is -0.355 e. The van der Waals surface area contributed by atoms with Crippen LogP contribution in [0.1, 0.15) is 56.8 Å². The molecule has 1 saturated carbocycles. The number of thioether (sulfide) groups is 1. The molecule has 1 atom stereocenters. The Balaban J connectivity index is 1.34. The average Bonchev–Trinajstić information content (AvgIpc) is 3.57. The highest BCUT2D eigenvalue weighted by atomic mass is 32.2. The van der Waals surface area contributed by atoms with Gasteiger partial charge in [-0.2, -0.15) is 4.31 Å². The molecule has 180 valence electrons. The van der Waals surface area contributed by atoms with Crippen molar-refractivity contribution < 1.29 is 17.6 Å². The van der Waals surface area contributed by atoms with Gasteiger partial charge in [-0.1, -0.05) is 24.6 Å². The summed E-state index contributed by atoms with van der Waals surface area (Å²) in [5.41, 5.74) is 0. The Labute approximate surface area is 198 Å². The van der Waals surface area contributed by atoms with E-state index < -0.39 is 21.9 Å². The molecular weight excluding hydrogens is 465 g/mol. The highest BCUT2D eigenvalue weighted by molar-refractivity contribution is 7.98. The van der Waals surface area contributed by atoms with Crippen LogP contribution in [0, 0.1) is 5.82 Å². The van der Waals surface area contributed by atoms with Gasteiger partial charge in [0, 0.05) is 25.6 Å². The number of sulfonamides is 1. The maximum atomic E-state index is 13.2. The van der Waals surface area contributed by atoms with Crippen LogP contribution >= 0.6 is 11.8 Å². The smallest absolute Gasteiger partial charge is 0.243 e. The quantitative estimate of drug-likeness (QED) is 0.424. The second kappa shape index (κ2) is 10.5. The Morgan fingerprint density at radius 2 is 1.88 bits per heavy atom. The molecule has 2 heterocycles. The molecule has 0 radical (unpaired) electrons. The van der Waals surface area contributed by atoms with Crippen LogP contribution < -0.4 is 5.32 Å². The Morgan fingerprint density at radius 1 is 1.15 bits per heavy atom. The number of rotatable bonds is 9. The molecule has 1 unspecified atom stereocenters. The molecule has 11 heteroatoms. The molecule has 1 aliphatic carbocycles. The summed E-state index contributed by atoms with van der Waals surface area (Å²) in [5.74, 6) is 0.153. The lowest BCUT2D eigenvalue weighted by Crippen LogP contribution is -2.46. The van der Waals surface area contributed by atoms with E-state index in [1.165, 1.54) is 29.3 Å². The van der Waals surface area contributed by atoms with Gasteiger partial charge >= 0.3 is 0 Å². The van der Waals surface area contributed by atoms with E-state index in [4.69, 9.17) is 0 Å². The standard InChI is InChI=1S/C22H30FN5O3S2/c1-32-22-26-25-20(28(22)17-6-2-3-7-17)9-4-14-24-21(29)19-8-5-15-27(19)33(30,31)18-12-10-16(23)11-13-18/h10-13,17,19H,2-9,14-15H2,1H3,(H,24,29). The molecule has 0 bridgehead atoms. The van der Waals surface area contributed by atoms with Gasteiger partial charge in [-0.25, -0.2) is 12.8 Å². The monoisotopic (exact) mass is 495 g/mol. The molecule has 2 fully saturated rings. The van der Waals surface area contributed by atoms with E-state index in [1.54, 1.807) is 11.8 Å². The van der Waals surface area contributed by atoms with Crippen LogP contribution in [0.3, 0.4) is 0 Å². The summed E-state index contributed by atoms with van der Waals surface area (Å²) in [4.78, 5) is 12.8. The van der Waals surface area contributed by atoms with Crippen LogP contribution in [0.5, 0.6) is 0 Å². The maximum Gasteiger partial charge on any atom is 0.243 e. The molecule has 2 aliphatic rings. The third kappa shape index (κ3) is 5.25. The van der Waals surface area contributed by atoms with Gasteiger partial charge in [0.1, 0.15) is 17.7 Å². The van der Waals surface area contributed by atoms with Gasteiger partial charge < -0.3 is 9.88 Å². The van der Waals surface area contributed by atoms with E-state index in [0.717, 1.165) is 36.0 Å². The van der Waals surface area contributed by atoms with Gasteiger partial charge in [-0.3, -0.25) is 4.79 Å². The number of hydrogen-bond donors (Lipinski definition) is 1. The number of benzene rings is 1. The summed E-state index contributed by atoms with van der Waals surface area (Å²) in [7, 11) is -3.86. The first kappa shape index (κ1) is 24.2. The fraction of sp³-hybridized carbons (Fsp3) is 0.591. The lowest BCUT2D eigenvalue weighted by molar-refractivity contribution is -0.124. The fourth-order valence-corrected chi connectivity index (χ4v) is 6.98. The number of halogens is 1. The molecular formula is C22H30FN5O3S2. The van der Waals surface area contributed by atoms with Crippen LogP contribution in [0.4, 0.5) is 4.39 Å². The third-order valence-electron chi connectivity index (χ3n) is 6.41. The molecule has 2 aromatic rings. The number of nitrogens with zero attached hydrogens (tertiary/aromatic N) is 4. The topological polar surface area (TPSA) is 97.2 Å². The third-order valence-corrected chi connectivity index (χ3v) is 8.98. The molecule has 8 nitrogen and oxygen atoms in total. The molecule has 33 heavy (non-hydrogen) atoms. The number of aromatic nitrogens is 3. The molecule has 1 saturated heterocycles. The van der Waals surface area contributed by atoms with Crippen molar-refractivity contribution in [1.29, 1.82) is 0 Å². The molecule has 1 aromatic heterocycles. The van der Waals surface area contributed by atoms with Gasteiger partial charge in [0.2, 0.25) is 15.9 Å². The second-order valence-corrected chi connectivity index (χ2v) is 11.2. The molecule has 1 aliphatic heterocycles. The van der Waals surface area contributed by atoms with Crippen molar-refractivity contribution >= 4 is 27.7 Å². The normalized spacial score (nSPS) is 19.9. The Kier molecular flexibility index (Phi) is 7.70. The zero-order chi connectivity index (χ0) is 23.4. The zero-order valence-corrected chi connectivity index (χ0v) is 20.4. The Hall–Kier alpha value is -1.98. The number of amides is 1. The highest BCUT2D eigenvalue weighted by Crippen LogP contribution is 2.33. The first-order valence-electron chi connectivity index (χ1n) is 11.4. The summed E-state index contributed by atoms with van der Waals surface area (Å²) < 4.78 is 42.6. The van der Waals surface area contributed by atoms with E-state index in [2.05, 4.69) is 20.1 Å². The zero-order valence-electron chi connectivity index (χ0n) is 18.7. The number of aryl methyl sites for hydroxylation is 1. The average molecular weight is 496 g/mol. The van der Waals surface area contributed by atoms with Crippen LogP contribution in [0.25, 0.3) is 0 Å². The molecule has 1 aromatic carbocycles. The minimum atomic E-state index is -3.86. The molecule has 1 N–H and O–H groups in total. The van der Waals surface area contributed by atoms with Crippen molar-refractivity contribution in [3.05, 3.63) is 35.9 Å². The summed E-state index contributed by atoms with van der Waals surface area (Å²) in [6.45, 7) is 0.714. The minimum absolute atomic E-state index is 0.000512. The van der Waals surface area contributed by atoms with Crippen molar-refractivity contribution in [2.75, 3.05) is 19.3 Å². The number of carbonyl (C=O) groups is 1. The number of carbonyl (C=O) groups excluding carboxylic acids is 1. The fourth-order valence-electron chi connectivity index (χ4n) is 4.75. The van der Waals surface area contributed by atoms with Gasteiger partial charge in [-0.15, -0.1) is 10.2 Å². The summed E-state index contributed by atoms with van der Waals surface area (Å²) in [5, 5.41) is 12.5. The highest BCUT2D eigenvalue weighted by Gasteiger charge is 2.39. The van der Waals surface area contributed by atoms with Crippen LogP contribution in [-0.2, 0) is 21.2 Å². The van der Waals surface area contributed by atoms with Crippen molar-refractivity contribution in [2.45, 2.75) is 73.5 Å². The van der Waals surface area contributed by atoms with E-state index >= 15 is 0 Å². The summed E-state index contributed by atoms with van der Waals surface area (Å²) >= 11 is 1.60. The maximum absolute atomic E-state index is 13.2. The lowest BCUT2D eigenvalue weighted by Gasteiger charge is -2.23. The van der Waals surface area contributed by atoms with Crippen molar-refractivity contribution in [1.82, 2.24) is 24.4 Å². The predicted octanol–water partition coefficient (Wildman–Crippen LogP) is 3.16. The Morgan fingerprint density at radius 3 is 2.58 bits per heavy atom. The van der Waals surface area contributed by atoms with Gasteiger partial charge in [0.05, 0.1) is 4.90 Å². The largest absolute Gasteiger partial charge is 0.355 e. The SMILES string of the molecule is CSc1nnc(CCCNC(=O)C2CCCN2S(=O)(=O)c2ccc(F)cc2)n1C1CCCC1. The predicted molar refractivity (Wildman–Crippen MR) is 124 cm³/mol. The number of nitrogens with one attached hydrogen (secondary N) is 1. The Bertz CT molecular complexity index is 1070. The van der Waals surface area contributed by atoms with Crippen LogP contribution in [0.2, 0.25) is 0 Å². The first-order valence-corrected chi connectivity index (χ1v) is 14.1. The van der Waals surface area contributed by atoms with Crippen LogP contribution in [0.15, 0.2) is 34.3 Å². The van der Waals surface area contributed by atoms with E-state index in [0.29, 0.717) is 38.3 Å². The second-order valence-electron chi connectivity index (χ2n) is 8.53. The van der Waals surface area contributed by atoms with Crippen LogP contribution in [-0.4, -0.2) is 58.8 Å². The summed E-state index contributed by atoms with van der Waals surface area (Å²) in [6, 6.07) is 4.42. The first-order chi connectivity index (χ1) is 15.9. The number of hydrogen-bond acceptors (Lipinski definition) is 6. The van der Waals surface area contributed by atoms with Crippen molar-refractivity contribution in [3.63, 3.8) is 0 Å². The van der Waals surface area contributed by atoms with Crippen molar-refractivity contribution in [2.24, 2.45) is 0 Å². The van der Waals surface area contributed by atoms with Crippen molar-refractivity contribution in [3.8, 4) is 0 Å². The van der Waals surface area contributed by atoms with E-state index in [9.17, 15) is 17.6 Å². The van der Waals surface area contributed by atoms with Gasteiger partial charge in [0.15, 0.2) is 5.16 Å². The molecule has 0 spiro atoms. The lowest BCUT2D eigenvalue weighted by atomic mass is 10.2. The van der Waals surface area contributed by atoms with Gasteiger partial charge in [-0.05, 0) is 62.6 Å². The van der Waals surface area contributed by atoms with Gasteiger partial charge in [0.25, 0.3) is 0 Å². The van der Waals surface area contributed by atoms with E-state index in [-0.39, 0.29) is 17.3 Å². The summed E-state index contributed by atoms with van der Waals surface area (Å²) in [6.07, 6.45) is 9.24. The van der Waals surface area contributed by atoms with E-state index in [1.807, 2.05) is 6.26 Å².